The molecule has 0 aliphatic rings. The molecule has 0 amide bonds. The van der Waals surface area contributed by atoms with Gasteiger partial charge in [0.15, 0.2) is 0 Å². The lowest BCUT2D eigenvalue weighted by molar-refractivity contribution is 0.346. The highest BCUT2D eigenvalue weighted by atomic mass is 79.9. The van der Waals surface area contributed by atoms with Gasteiger partial charge in [0.2, 0.25) is 0 Å². The van der Waals surface area contributed by atoms with Crippen molar-refractivity contribution >= 4 is 27.5 Å². The van der Waals surface area contributed by atoms with E-state index in [9.17, 15) is 4.79 Å². The van der Waals surface area contributed by atoms with E-state index in [1.165, 1.54) is 0 Å². The van der Waals surface area contributed by atoms with E-state index in [0.717, 1.165) is 16.6 Å². The second-order valence-corrected chi connectivity index (χ2v) is 6.28. The molecule has 0 bridgehead atoms. The smallest absolute Gasteiger partial charge is 0.252 e. The van der Waals surface area contributed by atoms with Crippen LogP contribution in [0.25, 0.3) is 0 Å². The minimum Gasteiger partial charge on any atom is -0.307 e. The third-order valence-electron chi connectivity index (χ3n) is 3.02. The van der Waals surface area contributed by atoms with Crippen LogP contribution in [0.4, 0.5) is 0 Å². The Kier molecular flexibility index (Phi) is 5.02. The molecule has 0 aliphatic heterocycles. The van der Waals surface area contributed by atoms with Crippen molar-refractivity contribution < 1.29 is 0 Å². The topological polar surface area (TPSA) is 25.2 Å². The van der Waals surface area contributed by atoms with Crippen molar-refractivity contribution in [1.82, 2.24) is 9.47 Å². The fourth-order valence-electron chi connectivity index (χ4n) is 2.14. The zero-order valence-corrected chi connectivity index (χ0v) is 13.7. The molecule has 2 aromatic rings. The van der Waals surface area contributed by atoms with Gasteiger partial charge in [-0.1, -0.05) is 39.7 Å². The second kappa shape index (κ2) is 6.57. The standard InChI is InChI=1S/C15H16BrClN2O/c1-18(2)10-14(11-4-3-5-13(17)8-11)19-7-6-12(16)9-15(19)20/h3-9,14H,10H2,1-2H3/t14-/m1/s1. The minimum atomic E-state index is -0.0655. The molecule has 2 rings (SSSR count). The van der Waals surface area contributed by atoms with Gasteiger partial charge in [0.1, 0.15) is 0 Å². The molecule has 1 heterocycles. The fraction of sp³-hybridized carbons (Fsp3) is 0.267. The number of benzene rings is 1. The molecule has 0 spiro atoms. The largest absolute Gasteiger partial charge is 0.307 e. The van der Waals surface area contributed by atoms with Gasteiger partial charge in [-0.05, 0) is 37.9 Å². The summed E-state index contributed by atoms with van der Waals surface area (Å²) in [7, 11) is 3.98. The van der Waals surface area contributed by atoms with Gasteiger partial charge >= 0.3 is 0 Å². The highest BCUT2D eigenvalue weighted by Gasteiger charge is 2.16. The first-order valence-corrected chi connectivity index (χ1v) is 7.42. The molecule has 3 nitrogen and oxygen atoms in total. The van der Waals surface area contributed by atoms with E-state index in [4.69, 9.17) is 11.6 Å². The Hall–Kier alpha value is -1.10. The summed E-state index contributed by atoms with van der Waals surface area (Å²) in [5.74, 6) is 0. The number of rotatable bonds is 4. The first-order chi connectivity index (χ1) is 9.47. The van der Waals surface area contributed by atoms with Crippen LogP contribution in [0.2, 0.25) is 5.02 Å². The first kappa shape index (κ1) is 15.3. The number of pyridine rings is 1. The van der Waals surface area contributed by atoms with Crippen LogP contribution in [0.5, 0.6) is 0 Å². The minimum absolute atomic E-state index is 0.0359. The van der Waals surface area contributed by atoms with Crippen molar-refractivity contribution in [3.8, 4) is 0 Å². The van der Waals surface area contributed by atoms with Crippen molar-refractivity contribution in [2.24, 2.45) is 0 Å². The molecule has 0 unspecified atom stereocenters. The van der Waals surface area contributed by atoms with Gasteiger partial charge in [-0.3, -0.25) is 4.79 Å². The summed E-state index contributed by atoms with van der Waals surface area (Å²) in [6.45, 7) is 0.724. The van der Waals surface area contributed by atoms with Crippen molar-refractivity contribution in [2.45, 2.75) is 6.04 Å². The molecule has 0 fully saturated rings. The maximum atomic E-state index is 12.2. The molecule has 20 heavy (non-hydrogen) atoms. The normalized spacial score (nSPS) is 12.7. The Morgan fingerprint density at radius 2 is 2.05 bits per heavy atom. The summed E-state index contributed by atoms with van der Waals surface area (Å²) >= 11 is 9.39. The molecule has 0 N–H and O–H groups in total. The Labute approximate surface area is 131 Å². The van der Waals surface area contributed by atoms with E-state index in [-0.39, 0.29) is 11.6 Å². The van der Waals surface area contributed by atoms with E-state index in [2.05, 4.69) is 20.8 Å². The quantitative estimate of drug-likeness (QED) is 0.840. The zero-order valence-electron chi connectivity index (χ0n) is 11.4. The predicted molar refractivity (Wildman–Crippen MR) is 86.5 cm³/mol. The summed E-state index contributed by atoms with van der Waals surface area (Å²) in [5.41, 5.74) is 0.988. The van der Waals surface area contributed by atoms with Gasteiger partial charge in [-0.15, -0.1) is 0 Å². The third-order valence-corrected chi connectivity index (χ3v) is 3.75. The molecule has 0 radical (unpaired) electrons. The molecular weight excluding hydrogens is 340 g/mol. The number of nitrogens with zero attached hydrogens (tertiary/aromatic N) is 2. The zero-order chi connectivity index (χ0) is 14.7. The lowest BCUT2D eigenvalue weighted by Crippen LogP contribution is -2.31. The summed E-state index contributed by atoms with van der Waals surface area (Å²) < 4.78 is 2.52. The van der Waals surface area contributed by atoms with Gasteiger partial charge in [0.05, 0.1) is 6.04 Å². The molecule has 1 atom stereocenters. The van der Waals surface area contributed by atoms with Crippen LogP contribution < -0.4 is 5.56 Å². The van der Waals surface area contributed by atoms with Crippen LogP contribution in [-0.4, -0.2) is 30.1 Å². The summed E-state index contributed by atoms with van der Waals surface area (Å²) in [6.07, 6.45) is 1.81. The van der Waals surface area contributed by atoms with Gasteiger partial charge in [-0.25, -0.2) is 0 Å². The monoisotopic (exact) mass is 354 g/mol. The van der Waals surface area contributed by atoms with Gasteiger partial charge in [0.25, 0.3) is 5.56 Å². The Morgan fingerprint density at radius 3 is 2.65 bits per heavy atom. The Balaban J connectivity index is 2.50. The van der Waals surface area contributed by atoms with E-state index < -0.39 is 0 Å². The van der Waals surface area contributed by atoms with Crippen LogP contribution in [0.15, 0.2) is 51.9 Å². The number of likely N-dealkylation sites (N-methyl/N-ethyl adjacent to an activating group) is 1. The highest BCUT2D eigenvalue weighted by Crippen LogP contribution is 2.21. The van der Waals surface area contributed by atoms with Gasteiger partial charge < -0.3 is 9.47 Å². The van der Waals surface area contributed by atoms with Crippen molar-refractivity contribution in [3.05, 3.63) is 68.0 Å². The maximum Gasteiger partial charge on any atom is 0.252 e. The Morgan fingerprint density at radius 1 is 1.30 bits per heavy atom. The van der Waals surface area contributed by atoms with Crippen LogP contribution in [-0.2, 0) is 0 Å². The molecule has 106 valence electrons. The maximum absolute atomic E-state index is 12.2. The highest BCUT2D eigenvalue weighted by molar-refractivity contribution is 9.10. The average molecular weight is 356 g/mol. The fourth-order valence-corrected chi connectivity index (χ4v) is 2.65. The molecule has 0 aliphatic carbocycles. The van der Waals surface area contributed by atoms with Gasteiger partial charge in [0, 0.05) is 28.3 Å². The van der Waals surface area contributed by atoms with E-state index in [0.29, 0.717) is 5.02 Å². The number of hydrogen-bond donors (Lipinski definition) is 0. The molecule has 0 saturated carbocycles. The molecule has 0 saturated heterocycles. The average Bonchev–Trinajstić information content (AvgIpc) is 2.36. The number of halogens is 2. The van der Waals surface area contributed by atoms with Crippen LogP contribution >= 0.6 is 27.5 Å². The lowest BCUT2D eigenvalue weighted by atomic mass is 10.1. The van der Waals surface area contributed by atoms with Crippen molar-refractivity contribution in [3.63, 3.8) is 0 Å². The summed E-state index contributed by atoms with van der Waals surface area (Å²) in [5, 5.41) is 0.677. The van der Waals surface area contributed by atoms with Crippen molar-refractivity contribution in [2.75, 3.05) is 20.6 Å². The summed E-state index contributed by atoms with van der Waals surface area (Å²) in [6, 6.07) is 11.0. The molecular formula is C15H16BrClN2O. The second-order valence-electron chi connectivity index (χ2n) is 4.92. The molecule has 1 aromatic carbocycles. The van der Waals surface area contributed by atoms with Gasteiger partial charge in [-0.2, -0.15) is 0 Å². The van der Waals surface area contributed by atoms with Crippen molar-refractivity contribution in [1.29, 1.82) is 0 Å². The SMILES string of the molecule is CN(C)C[C@H](c1cccc(Cl)c1)n1ccc(Br)cc1=O. The predicted octanol–water partition coefficient (Wildman–Crippen LogP) is 3.42. The third kappa shape index (κ3) is 3.72. The lowest BCUT2D eigenvalue weighted by Gasteiger charge is -2.24. The molecule has 1 aromatic heterocycles. The van der Waals surface area contributed by atoms with Crippen LogP contribution in [0.3, 0.4) is 0 Å². The molecule has 5 heteroatoms. The first-order valence-electron chi connectivity index (χ1n) is 6.25. The van der Waals surface area contributed by atoms with Crippen LogP contribution in [0, 0.1) is 0 Å². The summed E-state index contributed by atoms with van der Waals surface area (Å²) in [4.78, 5) is 14.3. The Bertz CT molecular complexity index is 654. The number of aromatic nitrogens is 1. The van der Waals surface area contributed by atoms with E-state index in [1.807, 2.05) is 50.6 Å². The van der Waals surface area contributed by atoms with E-state index >= 15 is 0 Å². The number of hydrogen-bond acceptors (Lipinski definition) is 2. The van der Waals surface area contributed by atoms with Crippen LogP contribution in [0.1, 0.15) is 11.6 Å². The van der Waals surface area contributed by atoms with E-state index in [1.54, 1.807) is 10.6 Å².